The molecule has 0 aliphatic rings. The first-order chi connectivity index (χ1) is 13.2. The molecule has 1 aromatic heterocycles. The molecule has 0 N–H and O–H groups in total. The summed E-state index contributed by atoms with van der Waals surface area (Å²) >= 11 is 0. The molecule has 0 aliphatic carbocycles. The van der Waals surface area contributed by atoms with Gasteiger partial charge in [0, 0.05) is 12.4 Å². The van der Waals surface area contributed by atoms with Gasteiger partial charge in [-0.1, -0.05) is 78.4 Å². The largest absolute Gasteiger partial charge is 0.264 e. The van der Waals surface area contributed by atoms with Crippen molar-refractivity contribution in [2.45, 2.75) is 20.3 Å². The molecule has 4 aromatic rings. The van der Waals surface area contributed by atoms with E-state index in [9.17, 15) is 0 Å². The number of aromatic nitrogens is 1. The smallest absolute Gasteiger partial charge is 0.0346 e. The van der Waals surface area contributed by atoms with Crippen LogP contribution in [0.25, 0.3) is 22.3 Å². The minimum Gasteiger partial charge on any atom is -0.264 e. The molecule has 0 aliphatic heterocycles. The zero-order chi connectivity index (χ0) is 18.6. The average Bonchev–Trinajstić information content (AvgIpc) is 2.72. The summed E-state index contributed by atoms with van der Waals surface area (Å²) in [6, 6.07) is 28.3. The quantitative estimate of drug-likeness (QED) is 0.403. The molecule has 0 atom stereocenters. The van der Waals surface area contributed by atoms with Crippen molar-refractivity contribution in [3.05, 3.63) is 114 Å². The molecule has 0 saturated heterocycles. The van der Waals surface area contributed by atoms with Gasteiger partial charge in [0.25, 0.3) is 0 Å². The highest BCUT2D eigenvalue weighted by atomic mass is 14.6. The SMILES string of the molecule is Cc1ccc(C)c(-c2ccccc2Cc2ccc(-c3cccnc3)cc2)c1. The maximum atomic E-state index is 4.21. The predicted molar refractivity (Wildman–Crippen MR) is 114 cm³/mol. The Hall–Kier alpha value is -3.19. The highest BCUT2D eigenvalue weighted by Gasteiger charge is 2.09. The van der Waals surface area contributed by atoms with E-state index in [-0.39, 0.29) is 0 Å². The van der Waals surface area contributed by atoms with E-state index in [2.05, 4.69) is 91.6 Å². The lowest BCUT2D eigenvalue weighted by molar-refractivity contribution is 1.19. The van der Waals surface area contributed by atoms with Gasteiger partial charge in [0.15, 0.2) is 0 Å². The van der Waals surface area contributed by atoms with E-state index >= 15 is 0 Å². The third-order valence-electron chi connectivity index (χ3n) is 5.04. The van der Waals surface area contributed by atoms with E-state index in [1.165, 1.54) is 38.9 Å². The molecule has 1 heteroatoms. The predicted octanol–water partition coefficient (Wildman–Crippen LogP) is 6.62. The molecule has 0 unspecified atom stereocenters. The molecule has 1 nitrogen and oxygen atoms in total. The molecular formula is C26H23N. The Balaban J connectivity index is 1.65. The number of pyridine rings is 1. The highest BCUT2D eigenvalue weighted by molar-refractivity contribution is 5.72. The summed E-state index contributed by atoms with van der Waals surface area (Å²) in [5, 5.41) is 0. The Kier molecular flexibility index (Phi) is 4.84. The normalized spacial score (nSPS) is 10.7. The lowest BCUT2D eigenvalue weighted by Crippen LogP contribution is -1.94. The molecule has 0 bridgehead atoms. The Morgan fingerprint density at radius 2 is 1.52 bits per heavy atom. The first kappa shape index (κ1) is 17.2. The van der Waals surface area contributed by atoms with Gasteiger partial charge < -0.3 is 0 Å². The number of benzene rings is 3. The minimum atomic E-state index is 0.927. The molecule has 0 spiro atoms. The zero-order valence-electron chi connectivity index (χ0n) is 15.8. The van der Waals surface area contributed by atoms with Crippen LogP contribution in [0.2, 0.25) is 0 Å². The van der Waals surface area contributed by atoms with Gasteiger partial charge in [-0.15, -0.1) is 0 Å². The molecule has 0 radical (unpaired) electrons. The third-order valence-corrected chi connectivity index (χ3v) is 5.04. The summed E-state index contributed by atoms with van der Waals surface area (Å²) in [5.74, 6) is 0. The summed E-state index contributed by atoms with van der Waals surface area (Å²) in [7, 11) is 0. The molecule has 27 heavy (non-hydrogen) atoms. The van der Waals surface area contributed by atoms with E-state index in [0.29, 0.717) is 0 Å². The fourth-order valence-corrected chi connectivity index (χ4v) is 3.53. The number of nitrogens with zero attached hydrogens (tertiary/aromatic N) is 1. The van der Waals surface area contributed by atoms with E-state index in [0.717, 1.165) is 12.0 Å². The van der Waals surface area contributed by atoms with Crippen molar-refractivity contribution in [3.8, 4) is 22.3 Å². The van der Waals surface area contributed by atoms with E-state index in [4.69, 9.17) is 0 Å². The van der Waals surface area contributed by atoms with E-state index in [1.54, 1.807) is 0 Å². The molecule has 1 heterocycles. The van der Waals surface area contributed by atoms with Gasteiger partial charge >= 0.3 is 0 Å². The molecule has 4 rings (SSSR count). The standard InChI is InChI=1S/C26H23N/c1-19-9-10-20(2)26(16-19)25-8-4-3-6-23(25)17-21-11-13-22(14-12-21)24-7-5-15-27-18-24/h3-16,18H,17H2,1-2H3. The van der Waals surface area contributed by atoms with Crippen LogP contribution in [0.4, 0.5) is 0 Å². The zero-order valence-corrected chi connectivity index (χ0v) is 15.8. The van der Waals surface area contributed by atoms with Crippen LogP contribution in [0, 0.1) is 13.8 Å². The monoisotopic (exact) mass is 349 g/mol. The van der Waals surface area contributed by atoms with Crippen LogP contribution in [-0.4, -0.2) is 4.98 Å². The van der Waals surface area contributed by atoms with Gasteiger partial charge in [-0.2, -0.15) is 0 Å². The number of rotatable bonds is 4. The van der Waals surface area contributed by atoms with Crippen molar-refractivity contribution in [3.63, 3.8) is 0 Å². The Labute approximate surface area is 161 Å². The van der Waals surface area contributed by atoms with Crippen LogP contribution in [0.3, 0.4) is 0 Å². The van der Waals surface area contributed by atoms with E-state index in [1.807, 2.05) is 18.5 Å². The van der Waals surface area contributed by atoms with Crippen molar-refractivity contribution in [2.75, 3.05) is 0 Å². The molecule has 132 valence electrons. The van der Waals surface area contributed by atoms with Crippen LogP contribution < -0.4 is 0 Å². The van der Waals surface area contributed by atoms with Crippen LogP contribution in [0.5, 0.6) is 0 Å². The molecule has 0 amide bonds. The summed E-state index contributed by atoms with van der Waals surface area (Å²) < 4.78 is 0. The number of aryl methyl sites for hydroxylation is 2. The summed E-state index contributed by atoms with van der Waals surface area (Å²) in [4.78, 5) is 4.21. The molecule has 0 saturated carbocycles. The van der Waals surface area contributed by atoms with Crippen molar-refractivity contribution >= 4 is 0 Å². The van der Waals surface area contributed by atoms with Gasteiger partial charge in [0.2, 0.25) is 0 Å². The molecule has 0 fully saturated rings. The van der Waals surface area contributed by atoms with Gasteiger partial charge in [-0.3, -0.25) is 4.98 Å². The first-order valence-electron chi connectivity index (χ1n) is 9.35. The van der Waals surface area contributed by atoms with Crippen molar-refractivity contribution in [1.82, 2.24) is 4.98 Å². The van der Waals surface area contributed by atoms with Gasteiger partial charge in [0.05, 0.1) is 0 Å². The second kappa shape index (κ2) is 7.59. The lowest BCUT2D eigenvalue weighted by Gasteiger charge is -2.13. The summed E-state index contributed by atoms with van der Waals surface area (Å²) in [6.45, 7) is 4.34. The average molecular weight is 349 g/mol. The fraction of sp³-hybridized carbons (Fsp3) is 0.115. The van der Waals surface area contributed by atoms with Gasteiger partial charge in [0.1, 0.15) is 0 Å². The summed E-state index contributed by atoms with van der Waals surface area (Å²) in [6.07, 6.45) is 4.64. The van der Waals surface area contributed by atoms with Crippen molar-refractivity contribution < 1.29 is 0 Å². The maximum Gasteiger partial charge on any atom is 0.0346 e. The van der Waals surface area contributed by atoms with Crippen LogP contribution >= 0.6 is 0 Å². The topological polar surface area (TPSA) is 12.9 Å². The Morgan fingerprint density at radius 1 is 0.704 bits per heavy atom. The lowest BCUT2D eigenvalue weighted by atomic mass is 9.91. The fourth-order valence-electron chi connectivity index (χ4n) is 3.53. The van der Waals surface area contributed by atoms with Crippen LogP contribution in [-0.2, 0) is 6.42 Å². The number of hydrogen-bond donors (Lipinski definition) is 0. The second-order valence-corrected chi connectivity index (χ2v) is 7.09. The van der Waals surface area contributed by atoms with Crippen LogP contribution in [0.15, 0.2) is 91.3 Å². The third kappa shape index (κ3) is 3.83. The minimum absolute atomic E-state index is 0.927. The van der Waals surface area contributed by atoms with Crippen LogP contribution in [0.1, 0.15) is 22.3 Å². The van der Waals surface area contributed by atoms with E-state index < -0.39 is 0 Å². The Morgan fingerprint density at radius 3 is 2.30 bits per heavy atom. The molecule has 3 aromatic carbocycles. The van der Waals surface area contributed by atoms with Crippen molar-refractivity contribution in [1.29, 1.82) is 0 Å². The van der Waals surface area contributed by atoms with Gasteiger partial charge in [-0.25, -0.2) is 0 Å². The number of hydrogen-bond acceptors (Lipinski definition) is 1. The van der Waals surface area contributed by atoms with Gasteiger partial charge in [-0.05, 0) is 65.3 Å². The second-order valence-electron chi connectivity index (χ2n) is 7.09. The maximum absolute atomic E-state index is 4.21. The first-order valence-corrected chi connectivity index (χ1v) is 9.35. The highest BCUT2D eigenvalue weighted by Crippen LogP contribution is 2.29. The Bertz CT molecular complexity index is 1050. The summed E-state index contributed by atoms with van der Waals surface area (Å²) in [5.41, 5.74) is 10.3. The van der Waals surface area contributed by atoms with Crippen molar-refractivity contribution in [2.24, 2.45) is 0 Å². The molecular weight excluding hydrogens is 326 g/mol.